The Kier molecular flexibility index (Phi) is 7.07. The zero-order valence-electron chi connectivity index (χ0n) is 14.0. The van der Waals surface area contributed by atoms with Crippen molar-refractivity contribution in [1.82, 2.24) is 0 Å². The minimum atomic E-state index is -0.150. The van der Waals surface area contributed by atoms with E-state index in [0.717, 1.165) is 27.9 Å². The normalized spacial score (nSPS) is 10.8. The predicted octanol–water partition coefficient (Wildman–Crippen LogP) is 5.45. The number of rotatable bonds is 7. The first-order chi connectivity index (χ1) is 11.6. The molecule has 0 aliphatic carbocycles. The Hall–Kier alpha value is -2.07. The number of ether oxygens (including phenoxy) is 1. The van der Waals surface area contributed by atoms with Crippen molar-refractivity contribution in [2.45, 2.75) is 26.2 Å². The summed E-state index contributed by atoms with van der Waals surface area (Å²) in [4.78, 5) is 12.0. The third kappa shape index (κ3) is 5.53. The predicted molar refractivity (Wildman–Crippen MR) is 103 cm³/mol. The number of benzene rings is 2. The molecule has 0 unspecified atom stereocenters. The van der Waals surface area contributed by atoms with Gasteiger partial charge in [0.1, 0.15) is 5.75 Å². The van der Waals surface area contributed by atoms with Crippen molar-refractivity contribution in [3.05, 3.63) is 64.1 Å². The molecule has 3 nitrogen and oxygen atoms in total. The minimum absolute atomic E-state index is 0.150. The summed E-state index contributed by atoms with van der Waals surface area (Å²) in [6, 6.07) is 13.7. The Balaban J connectivity index is 1.93. The molecule has 0 radical (unpaired) electrons. The third-order valence-corrected chi connectivity index (χ3v) is 4.26. The van der Waals surface area contributed by atoms with Gasteiger partial charge in [0, 0.05) is 11.8 Å². The van der Waals surface area contributed by atoms with E-state index in [-0.39, 0.29) is 5.91 Å². The molecule has 0 fully saturated rings. The van der Waals surface area contributed by atoms with Crippen LogP contribution in [-0.4, -0.2) is 13.0 Å². The van der Waals surface area contributed by atoms with Gasteiger partial charge in [0.15, 0.2) is 0 Å². The Morgan fingerprint density at radius 3 is 2.58 bits per heavy atom. The molecule has 0 heterocycles. The van der Waals surface area contributed by atoms with Gasteiger partial charge in [-0.25, -0.2) is 0 Å². The first-order valence-corrected chi connectivity index (χ1v) is 8.83. The topological polar surface area (TPSA) is 38.3 Å². The second kappa shape index (κ2) is 9.28. The summed E-state index contributed by atoms with van der Waals surface area (Å²) in [7, 11) is 1.62. The van der Waals surface area contributed by atoms with Crippen molar-refractivity contribution in [1.29, 1.82) is 0 Å². The molecule has 0 aromatic heterocycles. The number of amides is 1. The molecule has 0 saturated carbocycles. The summed E-state index contributed by atoms with van der Waals surface area (Å²) in [6.45, 7) is 2.18. The van der Waals surface area contributed by atoms with Gasteiger partial charge in [0.25, 0.3) is 0 Å². The maximum atomic E-state index is 12.0. The molecular weight excluding hydrogens is 366 g/mol. The second-order valence-corrected chi connectivity index (χ2v) is 6.37. The highest BCUT2D eigenvalue weighted by Gasteiger charge is 2.01. The SMILES string of the molecule is CCCCc1ccc(NC(=O)/C=C/c2ccc(OC)c(Br)c2)cc1. The van der Waals surface area contributed by atoms with Crippen LogP contribution in [0.5, 0.6) is 5.75 Å². The van der Waals surface area contributed by atoms with E-state index < -0.39 is 0 Å². The molecule has 2 aromatic rings. The molecule has 0 atom stereocenters. The van der Waals surface area contributed by atoms with Crippen LogP contribution in [0.15, 0.2) is 53.0 Å². The maximum absolute atomic E-state index is 12.0. The van der Waals surface area contributed by atoms with Crippen molar-refractivity contribution in [2.24, 2.45) is 0 Å². The monoisotopic (exact) mass is 387 g/mol. The van der Waals surface area contributed by atoms with Gasteiger partial charge in [0.2, 0.25) is 5.91 Å². The van der Waals surface area contributed by atoms with Crippen molar-refractivity contribution in [3.8, 4) is 5.75 Å². The number of hydrogen-bond acceptors (Lipinski definition) is 2. The zero-order valence-corrected chi connectivity index (χ0v) is 15.6. The number of aryl methyl sites for hydroxylation is 1. The summed E-state index contributed by atoms with van der Waals surface area (Å²) >= 11 is 3.43. The molecule has 2 rings (SSSR count). The number of halogens is 1. The Labute approximate surface area is 151 Å². The standard InChI is InChI=1S/C20H22BrNO2/c1-3-4-5-15-6-10-17(11-7-15)22-20(23)13-9-16-8-12-19(24-2)18(21)14-16/h6-14H,3-5H2,1-2H3,(H,22,23)/b13-9+. The van der Waals surface area contributed by atoms with E-state index in [0.29, 0.717) is 0 Å². The van der Waals surface area contributed by atoms with Gasteiger partial charge < -0.3 is 10.1 Å². The fourth-order valence-corrected chi connectivity index (χ4v) is 2.84. The fourth-order valence-electron chi connectivity index (χ4n) is 2.28. The summed E-state index contributed by atoms with van der Waals surface area (Å²) in [5.41, 5.74) is 3.03. The van der Waals surface area contributed by atoms with Crippen LogP contribution in [0.3, 0.4) is 0 Å². The summed E-state index contributed by atoms with van der Waals surface area (Å²) in [5, 5.41) is 2.87. The van der Waals surface area contributed by atoms with Crippen molar-refractivity contribution in [2.75, 3.05) is 12.4 Å². The van der Waals surface area contributed by atoms with Crippen LogP contribution >= 0.6 is 15.9 Å². The first kappa shape index (κ1) is 18.3. The average Bonchev–Trinajstić information content (AvgIpc) is 2.59. The van der Waals surface area contributed by atoms with Crippen molar-refractivity contribution in [3.63, 3.8) is 0 Å². The van der Waals surface area contributed by atoms with Gasteiger partial charge in [-0.05, 0) is 70.2 Å². The lowest BCUT2D eigenvalue weighted by Crippen LogP contribution is -2.07. The largest absolute Gasteiger partial charge is 0.496 e. The highest BCUT2D eigenvalue weighted by Crippen LogP contribution is 2.26. The molecule has 126 valence electrons. The van der Waals surface area contributed by atoms with Crippen LogP contribution in [0.25, 0.3) is 6.08 Å². The first-order valence-electron chi connectivity index (χ1n) is 8.04. The molecule has 4 heteroatoms. The number of nitrogens with one attached hydrogen (secondary N) is 1. The van der Waals surface area contributed by atoms with Gasteiger partial charge in [0.05, 0.1) is 11.6 Å². The minimum Gasteiger partial charge on any atom is -0.496 e. The molecular formula is C20H22BrNO2. The molecule has 1 amide bonds. The lowest BCUT2D eigenvalue weighted by Gasteiger charge is -2.05. The Morgan fingerprint density at radius 1 is 1.21 bits per heavy atom. The number of unbranched alkanes of at least 4 members (excludes halogenated alkanes) is 1. The van der Waals surface area contributed by atoms with E-state index in [2.05, 4.69) is 40.3 Å². The van der Waals surface area contributed by atoms with Gasteiger partial charge in [-0.15, -0.1) is 0 Å². The van der Waals surface area contributed by atoms with E-state index >= 15 is 0 Å². The molecule has 1 N–H and O–H groups in total. The molecule has 0 aliphatic heterocycles. The van der Waals surface area contributed by atoms with E-state index in [4.69, 9.17) is 4.74 Å². The maximum Gasteiger partial charge on any atom is 0.248 e. The summed E-state index contributed by atoms with van der Waals surface area (Å²) in [6.07, 6.45) is 6.75. The molecule has 0 bridgehead atoms. The van der Waals surface area contributed by atoms with Crippen LogP contribution < -0.4 is 10.1 Å². The Morgan fingerprint density at radius 2 is 1.96 bits per heavy atom. The summed E-state index contributed by atoms with van der Waals surface area (Å²) < 4.78 is 6.05. The molecule has 0 spiro atoms. The van der Waals surface area contributed by atoms with Crippen LogP contribution in [0, 0.1) is 0 Å². The molecule has 0 saturated heterocycles. The number of carbonyl (C=O) groups is 1. The number of carbonyl (C=O) groups excluding carboxylic acids is 1. The second-order valence-electron chi connectivity index (χ2n) is 5.52. The van der Waals surface area contributed by atoms with Crippen molar-refractivity contribution < 1.29 is 9.53 Å². The average molecular weight is 388 g/mol. The van der Waals surface area contributed by atoms with Gasteiger partial charge in [-0.3, -0.25) is 4.79 Å². The summed E-state index contributed by atoms with van der Waals surface area (Å²) in [5.74, 6) is 0.614. The van der Waals surface area contributed by atoms with E-state index in [1.54, 1.807) is 13.2 Å². The third-order valence-electron chi connectivity index (χ3n) is 3.64. The number of hydrogen-bond donors (Lipinski definition) is 1. The zero-order chi connectivity index (χ0) is 17.4. The van der Waals surface area contributed by atoms with Gasteiger partial charge in [-0.1, -0.05) is 31.5 Å². The Bertz CT molecular complexity index is 708. The van der Waals surface area contributed by atoms with E-state index in [1.807, 2.05) is 30.3 Å². The lowest BCUT2D eigenvalue weighted by atomic mass is 10.1. The van der Waals surface area contributed by atoms with E-state index in [9.17, 15) is 4.79 Å². The number of anilines is 1. The van der Waals surface area contributed by atoms with Crippen LogP contribution in [0.4, 0.5) is 5.69 Å². The highest BCUT2D eigenvalue weighted by atomic mass is 79.9. The highest BCUT2D eigenvalue weighted by molar-refractivity contribution is 9.10. The van der Waals surface area contributed by atoms with Gasteiger partial charge >= 0.3 is 0 Å². The fraction of sp³-hybridized carbons (Fsp3) is 0.250. The van der Waals surface area contributed by atoms with Crippen LogP contribution in [-0.2, 0) is 11.2 Å². The van der Waals surface area contributed by atoms with E-state index in [1.165, 1.54) is 24.5 Å². The quantitative estimate of drug-likeness (QED) is 0.641. The van der Waals surface area contributed by atoms with Gasteiger partial charge in [-0.2, -0.15) is 0 Å². The van der Waals surface area contributed by atoms with Crippen LogP contribution in [0.2, 0.25) is 0 Å². The molecule has 2 aromatic carbocycles. The molecule has 0 aliphatic rings. The van der Waals surface area contributed by atoms with Crippen LogP contribution in [0.1, 0.15) is 30.9 Å². The number of methoxy groups -OCH3 is 1. The smallest absolute Gasteiger partial charge is 0.248 e. The molecule has 24 heavy (non-hydrogen) atoms. The lowest BCUT2D eigenvalue weighted by molar-refractivity contribution is -0.111. The van der Waals surface area contributed by atoms with Crippen molar-refractivity contribution >= 4 is 33.6 Å².